The molecule has 1 saturated carbocycles. The summed E-state index contributed by atoms with van der Waals surface area (Å²) >= 11 is 0. The first-order valence-corrected chi connectivity index (χ1v) is 25.5. The monoisotopic (exact) mass is 992 g/mol. The Morgan fingerprint density at radius 1 is 0.757 bits per heavy atom. The molecule has 0 unspecified atom stereocenters. The molecule has 6 aromatic rings. The minimum Gasteiger partial charge on any atom is -0.491 e. The van der Waals surface area contributed by atoms with Crippen molar-refractivity contribution < 1.29 is 44.0 Å². The number of fused-ring (bicyclic) bond motifs is 3. The highest BCUT2D eigenvalue weighted by molar-refractivity contribution is 6.24. The lowest BCUT2D eigenvalue weighted by Crippen LogP contribution is -2.56. The number of imide groups is 1. The molecule has 74 heavy (non-hydrogen) atoms. The van der Waals surface area contributed by atoms with E-state index in [1.165, 1.54) is 0 Å². The third-order valence-corrected chi connectivity index (χ3v) is 15.2. The van der Waals surface area contributed by atoms with Crippen molar-refractivity contribution >= 4 is 29.5 Å². The van der Waals surface area contributed by atoms with Gasteiger partial charge in [0, 0.05) is 12.1 Å². The van der Waals surface area contributed by atoms with Gasteiger partial charge in [-0.15, -0.1) is 0 Å². The number of carbonyl (C=O) groups excluding carboxylic acids is 4. The first-order chi connectivity index (χ1) is 36.0. The van der Waals surface area contributed by atoms with Gasteiger partial charge < -0.3 is 35.4 Å². The van der Waals surface area contributed by atoms with E-state index >= 15 is 19.2 Å². The van der Waals surface area contributed by atoms with Crippen LogP contribution in [-0.2, 0) is 24.5 Å². The SMILES string of the molecule is C[C@@H](NC(=O)N1C(=O)[C@@]2(c3cc(C#CC4(O)CCCCCC4)ccc31)[C@H](c1ccc(OCCO)cc1)N1[C@H](c3ccccc3)[C@H](c3ccccc3)OC(=O)[C@H]1[C@@H]2C(=O)NC[C@H](O)c1ccccc1)c1ccccc1. The molecule has 4 amide bonds. The summed E-state index contributed by atoms with van der Waals surface area (Å²) in [4.78, 5) is 66.5. The van der Waals surface area contributed by atoms with E-state index in [2.05, 4.69) is 22.5 Å². The zero-order chi connectivity index (χ0) is 51.4. The molecule has 0 aromatic heterocycles. The van der Waals surface area contributed by atoms with Gasteiger partial charge in [0.25, 0.3) is 0 Å². The van der Waals surface area contributed by atoms with Gasteiger partial charge in [-0.25, -0.2) is 9.69 Å². The minimum absolute atomic E-state index is 0.0228. The number of aliphatic hydroxyl groups excluding tert-OH is 2. The van der Waals surface area contributed by atoms with Crippen LogP contribution in [0.2, 0.25) is 0 Å². The zero-order valence-electron chi connectivity index (χ0n) is 41.2. The summed E-state index contributed by atoms with van der Waals surface area (Å²) in [5.74, 6) is 2.98. The summed E-state index contributed by atoms with van der Waals surface area (Å²) in [5.41, 5.74) is 0.779. The summed E-state index contributed by atoms with van der Waals surface area (Å²) < 4.78 is 12.5. The molecule has 0 bridgehead atoms. The molecule has 3 aliphatic heterocycles. The number of urea groups is 1. The molecule has 13 heteroatoms. The van der Waals surface area contributed by atoms with Crippen molar-refractivity contribution in [1.29, 1.82) is 0 Å². The quantitative estimate of drug-likeness (QED) is 0.0454. The van der Waals surface area contributed by atoms with Crippen LogP contribution in [0.3, 0.4) is 0 Å². The number of nitrogens with one attached hydrogen (secondary N) is 2. The van der Waals surface area contributed by atoms with Gasteiger partial charge in [-0.3, -0.25) is 19.3 Å². The fourth-order valence-corrected chi connectivity index (χ4v) is 11.7. The normalized spacial score (nSPS) is 23.8. The van der Waals surface area contributed by atoms with E-state index in [4.69, 9.17) is 9.47 Å². The van der Waals surface area contributed by atoms with E-state index in [1.54, 1.807) is 66.7 Å². The largest absolute Gasteiger partial charge is 0.491 e. The van der Waals surface area contributed by atoms with Crippen molar-refractivity contribution in [3.63, 3.8) is 0 Å². The number of carbonyl (C=O) groups is 4. The van der Waals surface area contributed by atoms with Crippen LogP contribution in [-0.4, -0.2) is 75.4 Å². The number of amides is 4. The predicted molar refractivity (Wildman–Crippen MR) is 278 cm³/mol. The summed E-state index contributed by atoms with van der Waals surface area (Å²) in [6, 6.07) is 44.3. The van der Waals surface area contributed by atoms with Gasteiger partial charge in [0.2, 0.25) is 11.8 Å². The lowest BCUT2D eigenvalue weighted by Gasteiger charge is -2.46. The number of aliphatic hydroxyl groups is 3. The van der Waals surface area contributed by atoms with E-state index in [-0.39, 0.29) is 31.0 Å². The van der Waals surface area contributed by atoms with Crippen LogP contribution < -0.4 is 20.3 Å². The third kappa shape index (κ3) is 9.46. The highest BCUT2D eigenvalue weighted by atomic mass is 16.6. The molecule has 5 N–H and O–H groups in total. The number of cyclic esters (lactones) is 1. The lowest BCUT2D eigenvalue weighted by molar-refractivity contribution is -0.178. The first-order valence-electron chi connectivity index (χ1n) is 25.5. The van der Waals surface area contributed by atoms with Crippen LogP contribution in [0.25, 0.3) is 0 Å². The molecule has 3 heterocycles. The summed E-state index contributed by atoms with van der Waals surface area (Å²) in [6.07, 6.45) is 2.50. The number of benzene rings is 6. The van der Waals surface area contributed by atoms with Crippen LogP contribution in [0.4, 0.5) is 10.5 Å². The molecule has 10 rings (SSSR count). The fraction of sp³-hybridized carbons (Fsp3) is 0.311. The van der Waals surface area contributed by atoms with Gasteiger partial charge in [0.15, 0.2) is 0 Å². The molecule has 6 aromatic carbocycles. The molecule has 3 fully saturated rings. The topological polar surface area (TPSA) is 178 Å². The Kier molecular flexibility index (Phi) is 14.5. The van der Waals surface area contributed by atoms with Crippen molar-refractivity contribution in [3.8, 4) is 17.6 Å². The molecule has 8 atom stereocenters. The van der Waals surface area contributed by atoms with Gasteiger partial charge in [-0.05, 0) is 96.3 Å². The van der Waals surface area contributed by atoms with Crippen LogP contribution in [0.1, 0.15) is 115 Å². The van der Waals surface area contributed by atoms with Crippen LogP contribution >= 0.6 is 0 Å². The van der Waals surface area contributed by atoms with Gasteiger partial charge in [0.05, 0.1) is 42.4 Å². The van der Waals surface area contributed by atoms with Crippen LogP contribution in [0, 0.1) is 17.8 Å². The average molecular weight is 993 g/mol. The molecule has 4 aliphatic rings. The number of hydrogen-bond donors (Lipinski definition) is 5. The second-order valence-corrected chi connectivity index (χ2v) is 19.7. The number of nitrogens with zero attached hydrogens (tertiary/aromatic N) is 2. The number of rotatable bonds is 12. The van der Waals surface area contributed by atoms with Crippen LogP contribution in [0.5, 0.6) is 5.75 Å². The Bertz CT molecular complexity index is 3030. The molecule has 13 nitrogen and oxygen atoms in total. The zero-order valence-corrected chi connectivity index (χ0v) is 41.2. The smallest absolute Gasteiger partial charge is 0.329 e. The Hall–Kier alpha value is -7.60. The van der Waals surface area contributed by atoms with Crippen molar-refractivity contribution in [2.45, 2.75) is 92.8 Å². The molecule has 378 valence electrons. The number of morpholine rings is 1. The number of ether oxygens (including phenoxy) is 2. The second kappa shape index (κ2) is 21.5. The second-order valence-electron chi connectivity index (χ2n) is 19.7. The van der Waals surface area contributed by atoms with Crippen LogP contribution in [0.15, 0.2) is 164 Å². The van der Waals surface area contributed by atoms with Gasteiger partial charge in [0.1, 0.15) is 35.5 Å². The van der Waals surface area contributed by atoms with E-state index in [0.717, 1.165) is 41.7 Å². The van der Waals surface area contributed by atoms with Crippen molar-refractivity contribution in [1.82, 2.24) is 15.5 Å². The lowest BCUT2D eigenvalue weighted by atomic mass is 9.65. The highest BCUT2D eigenvalue weighted by Gasteiger charge is 2.75. The number of anilines is 1. The predicted octanol–water partition coefficient (Wildman–Crippen LogP) is 8.48. The maximum Gasteiger partial charge on any atom is 0.329 e. The Morgan fingerprint density at radius 2 is 1.36 bits per heavy atom. The Morgan fingerprint density at radius 3 is 2.00 bits per heavy atom. The number of hydrogen-bond acceptors (Lipinski definition) is 10. The standard InChI is InChI=1S/C61H60N4O9/c1-40(42-18-8-4-9-19-42)63-59(71)64-49-31-26-41(32-35-60(72)33-16-2-3-17-34-60)38-48(49)61(58(64)70)51(56(68)62-39-50(67)43-20-10-5-11-21-43)53-57(69)74-54(45-24-14-7-15-25-45)52(44-22-12-6-13-23-44)65(53)55(61)46-27-29-47(30-28-46)73-37-36-66/h4-15,18-31,38,40,50-55,66-67,72H,2-3,16-17,33-34,36-37,39H2,1H3,(H,62,68)(H,63,71)/t40-,50+,51-,52-,53-,54+,55+,61-/m1/s1. The number of esters is 1. The highest BCUT2D eigenvalue weighted by Crippen LogP contribution is 2.66. The molecule has 0 radical (unpaired) electrons. The molecule has 2 saturated heterocycles. The van der Waals surface area contributed by atoms with E-state index in [0.29, 0.717) is 40.8 Å². The summed E-state index contributed by atoms with van der Waals surface area (Å²) in [7, 11) is 0. The Balaban J connectivity index is 1.24. The molecular weight excluding hydrogens is 933 g/mol. The molecule has 1 aliphatic carbocycles. The fourth-order valence-electron chi connectivity index (χ4n) is 11.7. The molecular formula is C61H60N4O9. The van der Waals surface area contributed by atoms with E-state index in [9.17, 15) is 15.3 Å². The van der Waals surface area contributed by atoms with E-state index in [1.807, 2.05) is 109 Å². The minimum atomic E-state index is -2.10. The average Bonchev–Trinajstić information content (AvgIpc) is 3.77. The van der Waals surface area contributed by atoms with Gasteiger partial charge >= 0.3 is 12.0 Å². The van der Waals surface area contributed by atoms with Crippen molar-refractivity contribution in [2.75, 3.05) is 24.7 Å². The Labute approximate surface area is 431 Å². The summed E-state index contributed by atoms with van der Waals surface area (Å²) in [6.45, 7) is 1.33. The van der Waals surface area contributed by atoms with Gasteiger partial charge in [-0.2, -0.15) is 0 Å². The molecule has 1 spiro atoms. The summed E-state index contributed by atoms with van der Waals surface area (Å²) in [5, 5.41) is 39.1. The van der Waals surface area contributed by atoms with E-state index < -0.39 is 77.1 Å². The first kappa shape index (κ1) is 50.0. The van der Waals surface area contributed by atoms with Crippen molar-refractivity contribution in [3.05, 3.63) is 203 Å². The third-order valence-electron chi connectivity index (χ3n) is 15.2. The maximum absolute atomic E-state index is 16.8. The van der Waals surface area contributed by atoms with Crippen molar-refractivity contribution in [2.24, 2.45) is 5.92 Å². The van der Waals surface area contributed by atoms with Gasteiger partial charge in [-0.1, -0.05) is 158 Å². The maximum atomic E-state index is 16.8.